The van der Waals surface area contributed by atoms with Crippen LogP contribution in [0.2, 0.25) is 0 Å². The monoisotopic (exact) mass is 418 g/mol. The molecule has 1 aromatic carbocycles. The second kappa shape index (κ2) is 8.41. The number of nitrogens with one attached hydrogen (secondary N) is 1. The summed E-state index contributed by atoms with van der Waals surface area (Å²) in [5, 5.41) is 12.5. The van der Waals surface area contributed by atoms with Gasteiger partial charge in [0.25, 0.3) is 0 Å². The number of para-hydroxylation sites is 1. The fraction of sp³-hybridized carbons (Fsp3) is 0.304. The van der Waals surface area contributed by atoms with E-state index in [0.717, 1.165) is 22.2 Å². The molecule has 3 N–H and O–H groups in total. The van der Waals surface area contributed by atoms with Crippen LogP contribution >= 0.6 is 0 Å². The van der Waals surface area contributed by atoms with E-state index in [2.05, 4.69) is 20.5 Å². The lowest BCUT2D eigenvalue weighted by Gasteiger charge is -2.23. The normalized spacial score (nSPS) is 12.9. The summed E-state index contributed by atoms with van der Waals surface area (Å²) in [6, 6.07) is 15.2. The number of pyridine rings is 2. The number of amides is 1. The first-order valence-corrected chi connectivity index (χ1v) is 10.1. The summed E-state index contributed by atoms with van der Waals surface area (Å²) in [6.45, 7) is 5.81. The van der Waals surface area contributed by atoms with Crippen molar-refractivity contribution in [3.63, 3.8) is 0 Å². The zero-order valence-corrected chi connectivity index (χ0v) is 17.9. The number of nitrogens with two attached hydrogens (primary N) is 1. The van der Waals surface area contributed by atoms with Crippen molar-refractivity contribution in [3.8, 4) is 0 Å². The number of hydrogen-bond donors (Lipinski definition) is 2. The van der Waals surface area contributed by atoms with Gasteiger partial charge in [-0.2, -0.15) is 0 Å². The molecule has 3 aromatic heterocycles. The number of carbonyl (C=O) groups is 1. The van der Waals surface area contributed by atoms with Gasteiger partial charge in [0, 0.05) is 11.6 Å². The Labute approximate surface area is 180 Å². The van der Waals surface area contributed by atoms with Gasteiger partial charge in [-0.15, -0.1) is 10.2 Å². The van der Waals surface area contributed by atoms with E-state index in [9.17, 15) is 4.79 Å². The van der Waals surface area contributed by atoms with E-state index in [1.54, 1.807) is 13.8 Å². The molecular weight excluding hydrogens is 392 g/mol. The molecule has 0 aliphatic rings. The molecule has 0 spiro atoms. The summed E-state index contributed by atoms with van der Waals surface area (Å²) >= 11 is 0. The van der Waals surface area contributed by atoms with Crippen molar-refractivity contribution in [2.75, 3.05) is 6.61 Å². The second-order valence-electron chi connectivity index (χ2n) is 8.25. The third kappa shape index (κ3) is 4.70. The van der Waals surface area contributed by atoms with E-state index in [1.807, 2.05) is 66.1 Å². The maximum Gasteiger partial charge on any atom is 0.240 e. The topological polar surface area (TPSA) is 107 Å². The Bertz CT molecular complexity index is 1230. The predicted molar refractivity (Wildman–Crippen MR) is 118 cm³/mol. The Morgan fingerprint density at radius 3 is 2.77 bits per heavy atom. The lowest BCUT2D eigenvalue weighted by molar-refractivity contribution is -0.126. The highest BCUT2D eigenvalue weighted by Gasteiger charge is 2.28. The highest BCUT2D eigenvalue weighted by Crippen LogP contribution is 2.17. The average molecular weight is 419 g/mol. The number of benzene rings is 1. The van der Waals surface area contributed by atoms with Gasteiger partial charge < -0.3 is 15.8 Å². The smallest absolute Gasteiger partial charge is 0.240 e. The van der Waals surface area contributed by atoms with Crippen molar-refractivity contribution >= 4 is 22.5 Å². The van der Waals surface area contributed by atoms with Crippen molar-refractivity contribution in [2.24, 2.45) is 5.73 Å². The summed E-state index contributed by atoms with van der Waals surface area (Å²) < 4.78 is 7.81. The van der Waals surface area contributed by atoms with Crippen LogP contribution in [-0.2, 0) is 16.1 Å². The number of fused-ring (bicyclic) bond motifs is 2. The minimum absolute atomic E-state index is 0.199. The third-order valence-electron chi connectivity index (χ3n) is 4.97. The van der Waals surface area contributed by atoms with Crippen LogP contribution in [0.3, 0.4) is 0 Å². The van der Waals surface area contributed by atoms with Crippen molar-refractivity contribution in [2.45, 2.75) is 39.0 Å². The molecule has 0 fully saturated rings. The molecule has 4 aromatic rings. The van der Waals surface area contributed by atoms with Gasteiger partial charge in [0.2, 0.25) is 5.91 Å². The first kappa shape index (κ1) is 20.9. The van der Waals surface area contributed by atoms with Crippen LogP contribution in [0.1, 0.15) is 37.0 Å². The molecule has 0 aliphatic heterocycles. The van der Waals surface area contributed by atoms with Crippen LogP contribution in [0.5, 0.6) is 0 Å². The summed E-state index contributed by atoms with van der Waals surface area (Å²) in [5.74, 6) is 0.289. The van der Waals surface area contributed by atoms with E-state index >= 15 is 0 Å². The van der Waals surface area contributed by atoms with E-state index in [4.69, 9.17) is 10.5 Å². The van der Waals surface area contributed by atoms with Gasteiger partial charge in [0.15, 0.2) is 11.5 Å². The van der Waals surface area contributed by atoms with Gasteiger partial charge >= 0.3 is 0 Å². The van der Waals surface area contributed by atoms with Crippen LogP contribution in [0, 0.1) is 6.92 Å². The van der Waals surface area contributed by atoms with E-state index in [-0.39, 0.29) is 12.5 Å². The number of hydrogen-bond acceptors (Lipinski definition) is 6. The molecule has 160 valence electrons. The molecule has 0 saturated heterocycles. The molecule has 3 heterocycles. The number of rotatable bonds is 7. The van der Waals surface area contributed by atoms with Crippen LogP contribution in [0.25, 0.3) is 16.6 Å². The molecule has 0 unspecified atom stereocenters. The molecule has 1 amide bonds. The molecule has 0 radical (unpaired) electrons. The Morgan fingerprint density at radius 1 is 1.16 bits per heavy atom. The summed E-state index contributed by atoms with van der Waals surface area (Å²) in [4.78, 5) is 17.2. The van der Waals surface area contributed by atoms with Gasteiger partial charge in [-0.25, -0.2) is 0 Å². The minimum Gasteiger partial charge on any atom is -0.373 e. The van der Waals surface area contributed by atoms with Crippen molar-refractivity contribution < 1.29 is 9.53 Å². The van der Waals surface area contributed by atoms with Crippen molar-refractivity contribution in [3.05, 3.63) is 71.8 Å². The van der Waals surface area contributed by atoms with E-state index in [1.165, 1.54) is 0 Å². The van der Waals surface area contributed by atoms with Crippen LogP contribution in [-0.4, -0.2) is 37.6 Å². The van der Waals surface area contributed by atoms with Gasteiger partial charge in [-0.3, -0.25) is 14.2 Å². The Hall–Kier alpha value is -3.36. The highest BCUT2D eigenvalue weighted by molar-refractivity contribution is 5.85. The summed E-state index contributed by atoms with van der Waals surface area (Å²) in [7, 11) is 0. The molecule has 0 saturated carbocycles. The van der Waals surface area contributed by atoms with Crippen molar-refractivity contribution in [1.82, 2.24) is 24.9 Å². The molecule has 8 nitrogen and oxygen atoms in total. The Kier molecular flexibility index (Phi) is 5.67. The van der Waals surface area contributed by atoms with E-state index in [0.29, 0.717) is 18.1 Å². The quantitative estimate of drug-likeness (QED) is 0.478. The molecule has 31 heavy (non-hydrogen) atoms. The molecule has 4 rings (SSSR count). The van der Waals surface area contributed by atoms with Crippen LogP contribution < -0.4 is 11.1 Å². The van der Waals surface area contributed by atoms with Crippen LogP contribution in [0.15, 0.2) is 54.7 Å². The second-order valence-corrected chi connectivity index (χ2v) is 8.25. The van der Waals surface area contributed by atoms with Gasteiger partial charge in [-0.1, -0.05) is 30.3 Å². The Morgan fingerprint density at radius 2 is 1.97 bits per heavy atom. The summed E-state index contributed by atoms with van der Waals surface area (Å²) in [5.41, 5.74) is 8.43. The predicted octanol–water partition coefficient (Wildman–Crippen LogP) is 2.70. The van der Waals surface area contributed by atoms with Gasteiger partial charge in [0.1, 0.15) is 6.04 Å². The van der Waals surface area contributed by atoms with Crippen LogP contribution in [0.4, 0.5) is 0 Å². The Balaban J connectivity index is 1.55. The molecule has 0 aliphatic carbocycles. The van der Waals surface area contributed by atoms with Crippen molar-refractivity contribution in [1.29, 1.82) is 0 Å². The molecular formula is C23H26N6O2. The first-order valence-electron chi connectivity index (χ1n) is 10.1. The number of ether oxygens (including phenoxy) is 1. The van der Waals surface area contributed by atoms with E-state index < -0.39 is 11.6 Å². The number of carbonyl (C=O) groups excluding carboxylic acids is 1. The third-order valence-corrected chi connectivity index (χ3v) is 4.97. The fourth-order valence-corrected chi connectivity index (χ4v) is 3.25. The molecule has 8 heteroatoms. The average Bonchev–Trinajstić information content (AvgIpc) is 3.15. The maximum atomic E-state index is 12.6. The number of nitrogens with zero attached hydrogens (tertiary/aromatic N) is 4. The largest absolute Gasteiger partial charge is 0.373 e. The standard InChI is InChI=1S/C23H26N6O2/c1-15-8-11-20-27-28-21(29(20)12-15)19(26-22(30)23(2,3)24)14-31-13-17-10-9-16-6-4-5-7-18(16)25-17/h4-12,19H,13-14,24H2,1-3H3,(H,26,30)/t19-/m1/s1. The molecule has 0 bridgehead atoms. The lowest BCUT2D eigenvalue weighted by Crippen LogP contribution is -2.50. The van der Waals surface area contributed by atoms with Gasteiger partial charge in [-0.05, 0) is 44.5 Å². The lowest BCUT2D eigenvalue weighted by atomic mass is 10.1. The minimum atomic E-state index is -1.03. The first-order chi connectivity index (χ1) is 14.8. The maximum absolute atomic E-state index is 12.6. The number of aromatic nitrogens is 4. The number of aryl methyl sites for hydroxylation is 1. The summed E-state index contributed by atoms with van der Waals surface area (Å²) in [6.07, 6.45) is 1.93. The molecule has 1 atom stereocenters. The highest BCUT2D eigenvalue weighted by atomic mass is 16.5. The zero-order valence-electron chi connectivity index (χ0n) is 17.9. The fourth-order valence-electron chi connectivity index (χ4n) is 3.25. The zero-order chi connectivity index (χ0) is 22.0. The SMILES string of the molecule is Cc1ccc2nnc([C@@H](COCc3ccc4ccccc4n3)NC(=O)C(C)(C)N)n2c1. The van der Waals surface area contributed by atoms with Gasteiger partial charge in [0.05, 0.1) is 30.0 Å².